The van der Waals surface area contributed by atoms with Crippen LogP contribution in [0.15, 0.2) is 24.3 Å². The number of carboxylic acid groups (broad SMARTS) is 2. The Kier molecular flexibility index (Phi) is 11.8. The van der Waals surface area contributed by atoms with E-state index in [9.17, 15) is 14.4 Å². The molecule has 0 saturated carbocycles. The van der Waals surface area contributed by atoms with E-state index in [1.807, 2.05) is 0 Å². The smallest absolute Gasteiger partial charge is 0.326 e. The van der Waals surface area contributed by atoms with Gasteiger partial charge in [-0.15, -0.1) is 0 Å². The third-order valence-electron chi connectivity index (χ3n) is 5.13. The zero-order valence-electron chi connectivity index (χ0n) is 18.8. The van der Waals surface area contributed by atoms with E-state index in [1.165, 1.54) is 37.3 Å². The van der Waals surface area contributed by atoms with Gasteiger partial charge >= 0.3 is 11.9 Å². The second kappa shape index (κ2) is 13.8. The van der Waals surface area contributed by atoms with Gasteiger partial charge in [0.2, 0.25) is 5.91 Å². The number of carbonyl (C=O) groups is 3. The van der Waals surface area contributed by atoms with Gasteiger partial charge in [-0.1, -0.05) is 44.5 Å². The maximum atomic E-state index is 10.5. The molecule has 0 bridgehead atoms. The van der Waals surface area contributed by atoms with Gasteiger partial charge in [-0.25, -0.2) is 4.79 Å². The average Bonchev–Trinajstić information content (AvgIpc) is 2.71. The first kappa shape index (κ1) is 26.6. The molecule has 1 aliphatic heterocycles. The van der Waals surface area contributed by atoms with Crippen molar-refractivity contribution in [2.24, 2.45) is 11.7 Å². The van der Waals surface area contributed by atoms with Crippen LogP contribution in [0.4, 0.5) is 0 Å². The molecule has 1 amide bonds. The van der Waals surface area contributed by atoms with Gasteiger partial charge in [0.05, 0.1) is 0 Å². The summed E-state index contributed by atoms with van der Waals surface area (Å²) in [4.78, 5) is 31.0. The van der Waals surface area contributed by atoms with Crippen molar-refractivity contribution >= 4 is 17.8 Å². The molecule has 6 N–H and O–H groups in total. The van der Waals surface area contributed by atoms with Gasteiger partial charge < -0.3 is 26.6 Å². The molecule has 1 aromatic rings. The van der Waals surface area contributed by atoms with E-state index < -0.39 is 23.9 Å². The quantitative estimate of drug-likeness (QED) is 0.401. The predicted molar refractivity (Wildman–Crippen MR) is 120 cm³/mol. The van der Waals surface area contributed by atoms with E-state index in [4.69, 9.17) is 15.9 Å². The molecule has 1 aliphatic rings. The molecule has 8 heteroatoms. The van der Waals surface area contributed by atoms with Gasteiger partial charge in [-0.3, -0.25) is 9.59 Å². The molecule has 174 valence electrons. The van der Waals surface area contributed by atoms with Gasteiger partial charge in [0.25, 0.3) is 0 Å². The molecule has 0 aliphatic carbocycles. The Hall–Kier alpha value is -2.45. The van der Waals surface area contributed by atoms with Crippen LogP contribution in [0.25, 0.3) is 0 Å². The van der Waals surface area contributed by atoms with Crippen LogP contribution >= 0.6 is 0 Å². The lowest BCUT2D eigenvalue weighted by Crippen LogP contribution is -2.39. The molecule has 8 nitrogen and oxygen atoms in total. The zero-order chi connectivity index (χ0) is 23.4. The first-order chi connectivity index (χ1) is 14.6. The van der Waals surface area contributed by atoms with Crippen LogP contribution in [-0.4, -0.2) is 40.6 Å². The van der Waals surface area contributed by atoms with E-state index >= 15 is 0 Å². The number of aliphatic carboxylic acids is 2. The lowest BCUT2D eigenvalue weighted by Gasteiger charge is -2.28. The fourth-order valence-electron chi connectivity index (χ4n) is 3.69. The summed E-state index contributed by atoms with van der Waals surface area (Å²) in [5.74, 6) is -2.15. The van der Waals surface area contributed by atoms with E-state index in [0.717, 1.165) is 13.0 Å². The Morgan fingerprint density at radius 2 is 1.87 bits per heavy atom. The number of carboxylic acids is 2. The minimum Gasteiger partial charge on any atom is -0.481 e. The third kappa shape index (κ3) is 10.4. The van der Waals surface area contributed by atoms with Gasteiger partial charge in [-0.2, -0.15) is 0 Å². The fraction of sp³-hybridized carbons (Fsp3) is 0.609. The van der Waals surface area contributed by atoms with Gasteiger partial charge in [0.15, 0.2) is 0 Å². The van der Waals surface area contributed by atoms with Crippen LogP contribution in [0.5, 0.6) is 0 Å². The molecule has 0 radical (unpaired) electrons. The van der Waals surface area contributed by atoms with Gasteiger partial charge in [-0.05, 0) is 49.3 Å². The maximum Gasteiger partial charge on any atom is 0.326 e. The monoisotopic (exact) mass is 435 g/mol. The number of nitrogens with two attached hydrogens (primary N) is 1. The topological polar surface area (TPSA) is 142 Å². The SMILES string of the molecule is CC(=O)NC(CCC(=O)O)C(=O)O.CC(C)CC(N)c1ccccc1C1CCCCN1. The number of hydrogen-bond acceptors (Lipinski definition) is 5. The summed E-state index contributed by atoms with van der Waals surface area (Å²) in [7, 11) is 0. The number of benzene rings is 1. The van der Waals surface area contributed by atoms with Crippen molar-refractivity contribution < 1.29 is 24.6 Å². The Labute approximate surface area is 184 Å². The van der Waals surface area contributed by atoms with Crippen molar-refractivity contribution in [1.29, 1.82) is 0 Å². The van der Waals surface area contributed by atoms with Crippen LogP contribution in [0.1, 0.15) is 82.5 Å². The molecule has 3 unspecified atom stereocenters. The van der Waals surface area contributed by atoms with E-state index in [-0.39, 0.29) is 18.9 Å². The summed E-state index contributed by atoms with van der Waals surface area (Å²) in [5.41, 5.74) is 9.14. The molecule has 0 spiro atoms. The van der Waals surface area contributed by atoms with Crippen LogP contribution in [0, 0.1) is 5.92 Å². The maximum absolute atomic E-state index is 10.5. The minimum absolute atomic E-state index is 0.107. The van der Waals surface area contributed by atoms with Crippen LogP contribution in [-0.2, 0) is 14.4 Å². The summed E-state index contributed by atoms with van der Waals surface area (Å²) in [6, 6.07) is 8.27. The highest BCUT2D eigenvalue weighted by molar-refractivity contribution is 5.82. The van der Waals surface area contributed by atoms with Gasteiger partial charge in [0, 0.05) is 25.4 Å². The summed E-state index contributed by atoms with van der Waals surface area (Å²) in [6.07, 6.45) is 4.54. The summed E-state index contributed by atoms with van der Waals surface area (Å²) < 4.78 is 0. The molecule has 0 aromatic heterocycles. The van der Waals surface area contributed by atoms with Crippen molar-refractivity contribution in [1.82, 2.24) is 10.6 Å². The highest BCUT2D eigenvalue weighted by Crippen LogP contribution is 2.30. The fourth-order valence-corrected chi connectivity index (χ4v) is 3.69. The van der Waals surface area contributed by atoms with Crippen molar-refractivity contribution in [3.63, 3.8) is 0 Å². The Bertz CT molecular complexity index is 717. The Morgan fingerprint density at radius 1 is 1.19 bits per heavy atom. The molecule has 31 heavy (non-hydrogen) atoms. The number of hydrogen-bond donors (Lipinski definition) is 5. The molecule has 1 heterocycles. The number of carbonyl (C=O) groups excluding carboxylic acids is 1. The second-order valence-corrected chi connectivity index (χ2v) is 8.39. The molecule has 1 saturated heterocycles. The number of nitrogens with one attached hydrogen (secondary N) is 2. The molecular weight excluding hydrogens is 398 g/mol. The van der Waals surface area contributed by atoms with Crippen LogP contribution in [0.2, 0.25) is 0 Å². The third-order valence-corrected chi connectivity index (χ3v) is 5.13. The number of amides is 1. The summed E-state index contributed by atoms with van der Waals surface area (Å²) >= 11 is 0. The van der Waals surface area contributed by atoms with E-state index in [2.05, 4.69) is 48.7 Å². The molecular formula is C23H37N3O5. The van der Waals surface area contributed by atoms with E-state index in [1.54, 1.807) is 0 Å². The van der Waals surface area contributed by atoms with Crippen molar-refractivity contribution in [3.05, 3.63) is 35.4 Å². The normalized spacial score (nSPS) is 17.8. The largest absolute Gasteiger partial charge is 0.481 e. The Balaban J connectivity index is 0.000000330. The summed E-state index contributed by atoms with van der Waals surface area (Å²) in [5, 5.41) is 22.6. The standard InChI is InChI=1S/C16H26N2.C7H11NO5/c1-12(2)11-15(17)13-7-3-4-8-14(13)16-9-5-6-10-18-16;1-4(9)8-5(7(12)13)2-3-6(10)11/h3-4,7-8,12,15-16,18H,5-6,9-11,17H2,1-2H3;5H,2-3H2,1H3,(H,8,9)(H,10,11)(H,12,13). The molecule has 1 aromatic carbocycles. The van der Waals surface area contributed by atoms with E-state index in [0.29, 0.717) is 12.0 Å². The van der Waals surface area contributed by atoms with Crippen molar-refractivity contribution in [2.75, 3.05) is 6.54 Å². The highest BCUT2D eigenvalue weighted by atomic mass is 16.4. The number of piperidine rings is 1. The van der Waals surface area contributed by atoms with Crippen LogP contribution in [0.3, 0.4) is 0 Å². The average molecular weight is 436 g/mol. The Morgan fingerprint density at radius 3 is 2.39 bits per heavy atom. The van der Waals surface area contributed by atoms with Crippen molar-refractivity contribution in [3.8, 4) is 0 Å². The number of rotatable bonds is 9. The highest BCUT2D eigenvalue weighted by Gasteiger charge is 2.21. The van der Waals surface area contributed by atoms with Gasteiger partial charge in [0.1, 0.15) is 6.04 Å². The first-order valence-electron chi connectivity index (χ1n) is 10.9. The first-order valence-corrected chi connectivity index (χ1v) is 10.9. The lowest BCUT2D eigenvalue weighted by atomic mass is 9.88. The van der Waals surface area contributed by atoms with Crippen LogP contribution < -0.4 is 16.4 Å². The van der Waals surface area contributed by atoms with Crippen molar-refractivity contribution in [2.45, 2.75) is 77.4 Å². The zero-order valence-corrected chi connectivity index (χ0v) is 18.8. The lowest BCUT2D eigenvalue weighted by molar-refractivity contribution is -0.142. The molecule has 3 atom stereocenters. The molecule has 1 fully saturated rings. The summed E-state index contributed by atoms with van der Waals surface area (Å²) in [6.45, 7) is 6.79. The second-order valence-electron chi connectivity index (χ2n) is 8.39. The minimum atomic E-state index is -1.23. The molecule has 2 rings (SSSR count). The predicted octanol–water partition coefficient (Wildman–Crippen LogP) is 2.99.